The van der Waals surface area contributed by atoms with Gasteiger partial charge in [0.15, 0.2) is 0 Å². The Kier molecular flexibility index (Phi) is 5.04. The van der Waals surface area contributed by atoms with Gasteiger partial charge in [-0.2, -0.15) is 0 Å². The number of hydrogen-bond donors (Lipinski definition) is 0. The Morgan fingerprint density at radius 1 is 1.07 bits per heavy atom. The van der Waals surface area contributed by atoms with E-state index in [-0.39, 0.29) is 24.4 Å². The van der Waals surface area contributed by atoms with E-state index >= 15 is 0 Å². The first-order chi connectivity index (χ1) is 12.7. The number of ether oxygens (including phenoxy) is 1. The normalized spacial score (nSPS) is 27.7. The zero-order valence-corrected chi connectivity index (χ0v) is 17.5. The van der Waals surface area contributed by atoms with Gasteiger partial charge < -0.3 is 18.9 Å². The summed E-state index contributed by atoms with van der Waals surface area (Å²) < 4.78 is 18.3. The van der Waals surface area contributed by atoms with Gasteiger partial charge in [-0.25, -0.2) is 0 Å². The average Bonchev–Trinajstić information content (AvgIpc) is 2.79. The maximum absolute atomic E-state index is 6.28. The Morgan fingerprint density at radius 3 is 2.37 bits per heavy atom. The molecule has 0 aliphatic carbocycles. The van der Waals surface area contributed by atoms with Crippen LogP contribution in [0.25, 0.3) is 0 Å². The maximum atomic E-state index is 6.28. The monoisotopic (exact) mass is 372 g/mol. The zero-order chi connectivity index (χ0) is 19.2. The Bertz CT molecular complexity index is 674. The lowest BCUT2D eigenvalue weighted by atomic mass is 9.78. The van der Waals surface area contributed by atoms with Crippen molar-refractivity contribution in [3.63, 3.8) is 0 Å². The van der Waals surface area contributed by atoms with Crippen LogP contribution in [0.3, 0.4) is 0 Å². The Morgan fingerprint density at radius 2 is 1.78 bits per heavy atom. The van der Waals surface area contributed by atoms with E-state index in [4.69, 9.17) is 14.0 Å². The zero-order valence-electron chi connectivity index (χ0n) is 17.5. The van der Waals surface area contributed by atoms with Gasteiger partial charge in [-0.1, -0.05) is 12.1 Å². The van der Waals surface area contributed by atoms with Crippen molar-refractivity contribution in [1.29, 1.82) is 0 Å². The Balaban J connectivity index is 1.61. The predicted molar refractivity (Wildman–Crippen MR) is 110 cm³/mol. The van der Waals surface area contributed by atoms with E-state index < -0.39 is 0 Å². The summed E-state index contributed by atoms with van der Waals surface area (Å²) in [6, 6.07) is 6.74. The molecule has 0 unspecified atom stereocenters. The van der Waals surface area contributed by atoms with Gasteiger partial charge in [-0.05, 0) is 71.2 Å². The van der Waals surface area contributed by atoms with Crippen molar-refractivity contribution in [3.8, 4) is 0 Å². The molecule has 0 bridgehead atoms. The fourth-order valence-electron chi connectivity index (χ4n) is 3.98. The van der Waals surface area contributed by atoms with Crippen LogP contribution in [0.15, 0.2) is 18.2 Å². The van der Waals surface area contributed by atoms with Gasteiger partial charge in [-0.15, -0.1) is 0 Å². The minimum atomic E-state index is -0.312. The molecule has 3 aliphatic heterocycles. The summed E-state index contributed by atoms with van der Waals surface area (Å²) in [5, 5.41) is 0. The van der Waals surface area contributed by atoms with E-state index in [1.807, 2.05) is 0 Å². The first kappa shape index (κ1) is 19.3. The highest BCUT2D eigenvalue weighted by atomic mass is 16.7. The van der Waals surface area contributed by atoms with Gasteiger partial charge in [0.2, 0.25) is 0 Å². The Labute approximate surface area is 164 Å². The molecule has 3 saturated heterocycles. The third-order valence-electron chi connectivity index (χ3n) is 6.55. The number of benzene rings is 1. The van der Waals surface area contributed by atoms with E-state index in [0.717, 1.165) is 31.7 Å². The van der Waals surface area contributed by atoms with Gasteiger partial charge >= 0.3 is 7.12 Å². The second-order valence-corrected chi connectivity index (χ2v) is 9.23. The van der Waals surface area contributed by atoms with Crippen LogP contribution >= 0.6 is 0 Å². The van der Waals surface area contributed by atoms with Gasteiger partial charge in [-0.3, -0.25) is 4.90 Å². The van der Waals surface area contributed by atoms with Crippen LogP contribution in [0, 0.1) is 0 Å². The molecule has 6 heteroatoms. The summed E-state index contributed by atoms with van der Waals surface area (Å²) in [6.07, 6.45) is 1.58. The predicted octanol–water partition coefficient (Wildman–Crippen LogP) is 2.42. The lowest BCUT2D eigenvalue weighted by molar-refractivity contribution is 0.00578. The lowest BCUT2D eigenvalue weighted by Crippen LogP contribution is -2.43. The molecule has 1 atom stereocenters. The van der Waals surface area contributed by atoms with Crippen LogP contribution in [0.5, 0.6) is 0 Å². The molecule has 0 aromatic heterocycles. The SMILES string of the molecule is C[C@H]1CN(c2ccc(B3OC(C)(C)C(C)(C)O3)cc2CN2CCC2)CCO1. The minimum Gasteiger partial charge on any atom is -0.399 e. The van der Waals surface area contributed by atoms with Crippen molar-refractivity contribution in [2.75, 3.05) is 37.7 Å². The van der Waals surface area contributed by atoms with E-state index in [0.29, 0.717) is 0 Å². The molecule has 0 spiro atoms. The highest BCUT2D eigenvalue weighted by molar-refractivity contribution is 6.62. The molecule has 1 aromatic carbocycles. The molecule has 0 saturated carbocycles. The molecule has 4 rings (SSSR count). The van der Waals surface area contributed by atoms with E-state index in [9.17, 15) is 0 Å². The Hall–Kier alpha value is -1.08. The number of hydrogen-bond acceptors (Lipinski definition) is 5. The van der Waals surface area contributed by atoms with Crippen LogP contribution < -0.4 is 10.4 Å². The highest BCUT2D eigenvalue weighted by Gasteiger charge is 2.51. The summed E-state index contributed by atoms with van der Waals surface area (Å²) in [4.78, 5) is 4.98. The molecule has 3 heterocycles. The number of nitrogens with zero attached hydrogens (tertiary/aromatic N) is 2. The second-order valence-electron chi connectivity index (χ2n) is 9.23. The van der Waals surface area contributed by atoms with Crippen molar-refractivity contribution in [2.24, 2.45) is 0 Å². The van der Waals surface area contributed by atoms with Gasteiger partial charge in [0.05, 0.1) is 23.9 Å². The van der Waals surface area contributed by atoms with Crippen molar-refractivity contribution in [1.82, 2.24) is 4.90 Å². The lowest BCUT2D eigenvalue weighted by Gasteiger charge is -2.37. The third kappa shape index (κ3) is 3.77. The van der Waals surface area contributed by atoms with Crippen LogP contribution in [-0.2, 0) is 20.6 Å². The molecule has 27 heavy (non-hydrogen) atoms. The second kappa shape index (κ2) is 7.07. The van der Waals surface area contributed by atoms with Crippen LogP contribution in [0.1, 0.15) is 46.6 Å². The topological polar surface area (TPSA) is 34.2 Å². The summed E-state index contributed by atoms with van der Waals surface area (Å²) in [7, 11) is -0.303. The maximum Gasteiger partial charge on any atom is 0.494 e. The standard InChI is InChI=1S/C21H33BN2O3/c1-16-14-24(11-12-25-16)19-8-7-18(13-17(19)15-23-9-6-10-23)22-26-20(2,3)21(4,5)27-22/h7-8,13,16H,6,9-12,14-15H2,1-5H3/t16-/m0/s1. The smallest absolute Gasteiger partial charge is 0.399 e. The van der Waals surface area contributed by atoms with Gasteiger partial charge in [0.25, 0.3) is 0 Å². The quantitative estimate of drug-likeness (QED) is 0.759. The van der Waals surface area contributed by atoms with E-state index in [2.05, 4.69) is 62.6 Å². The summed E-state index contributed by atoms with van der Waals surface area (Å²) in [5.41, 5.74) is 3.20. The van der Waals surface area contributed by atoms with Gasteiger partial charge in [0.1, 0.15) is 0 Å². The third-order valence-corrected chi connectivity index (χ3v) is 6.55. The number of rotatable bonds is 4. The highest BCUT2D eigenvalue weighted by Crippen LogP contribution is 2.37. The van der Waals surface area contributed by atoms with Crippen molar-refractivity contribution < 1.29 is 14.0 Å². The number of anilines is 1. The minimum absolute atomic E-state index is 0.276. The van der Waals surface area contributed by atoms with E-state index in [1.165, 1.54) is 30.8 Å². The number of likely N-dealkylation sites (tertiary alicyclic amines) is 1. The van der Waals surface area contributed by atoms with Crippen LogP contribution in [0.2, 0.25) is 0 Å². The largest absolute Gasteiger partial charge is 0.494 e. The molecule has 0 N–H and O–H groups in total. The first-order valence-corrected chi connectivity index (χ1v) is 10.3. The van der Waals surface area contributed by atoms with Gasteiger partial charge in [0, 0.05) is 25.3 Å². The molecule has 0 amide bonds. The molecule has 5 nitrogen and oxygen atoms in total. The molecule has 3 aliphatic rings. The fourth-order valence-corrected chi connectivity index (χ4v) is 3.98. The van der Waals surface area contributed by atoms with Crippen molar-refractivity contribution >= 4 is 18.3 Å². The molecular weight excluding hydrogens is 339 g/mol. The molecule has 1 aromatic rings. The van der Waals surface area contributed by atoms with E-state index in [1.54, 1.807) is 0 Å². The summed E-state index contributed by atoms with van der Waals surface area (Å²) in [5.74, 6) is 0. The average molecular weight is 372 g/mol. The molecule has 0 radical (unpaired) electrons. The molecular formula is C21H33BN2O3. The van der Waals surface area contributed by atoms with Crippen LogP contribution in [0.4, 0.5) is 5.69 Å². The number of morpholine rings is 1. The van der Waals surface area contributed by atoms with Crippen molar-refractivity contribution in [2.45, 2.75) is 64.9 Å². The summed E-state index contributed by atoms with van der Waals surface area (Å²) in [6.45, 7) is 16.7. The summed E-state index contributed by atoms with van der Waals surface area (Å²) >= 11 is 0. The van der Waals surface area contributed by atoms with Crippen molar-refractivity contribution in [3.05, 3.63) is 23.8 Å². The molecule has 3 fully saturated rings. The van der Waals surface area contributed by atoms with Crippen LogP contribution in [-0.4, -0.2) is 62.1 Å². The first-order valence-electron chi connectivity index (χ1n) is 10.3. The fraction of sp³-hybridized carbons (Fsp3) is 0.714. The molecule has 148 valence electrons.